The molecule has 0 spiro atoms. The van der Waals surface area contributed by atoms with Gasteiger partial charge in [0.05, 0.1) is 5.41 Å². The standard InChI is InChI=1S/C8H13O4/c1-8(2,3)7(10)12-5-4-11-6-9/h4-5H2,1-3H3. The van der Waals surface area contributed by atoms with Crippen LogP contribution in [0.25, 0.3) is 0 Å². The van der Waals surface area contributed by atoms with Crippen molar-refractivity contribution in [2.75, 3.05) is 13.2 Å². The molecule has 0 saturated carbocycles. The van der Waals surface area contributed by atoms with Gasteiger partial charge in [0.2, 0.25) is 0 Å². The molecule has 4 heteroatoms. The summed E-state index contributed by atoms with van der Waals surface area (Å²) >= 11 is 0. The van der Waals surface area contributed by atoms with Crippen LogP contribution in [0.15, 0.2) is 0 Å². The zero-order chi connectivity index (χ0) is 9.61. The molecule has 0 rings (SSSR count). The summed E-state index contributed by atoms with van der Waals surface area (Å²) in [4.78, 5) is 20.6. The highest BCUT2D eigenvalue weighted by Gasteiger charge is 2.22. The predicted molar refractivity (Wildman–Crippen MR) is 42.1 cm³/mol. The average Bonchev–Trinajstić information content (AvgIpc) is 1.96. The van der Waals surface area contributed by atoms with E-state index in [-0.39, 0.29) is 19.2 Å². The van der Waals surface area contributed by atoms with Crippen molar-refractivity contribution in [1.82, 2.24) is 0 Å². The Hall–Kier alpha value is -1.06. The highest BCUT2D eigenvalue weighted by Crippen LogP contribution is 2.14. The van der Waals surface area contributed by atoms with Gasteiger partial charge in [-0.2, -0.15) is 0 Å². The molecule has 0 aliphatic carbocycles. The van der Waals surface area contributed by atoms with Crippen LogP contribution < -0.4 is 0 Å². The van der Waals surface area contributed by atoms with Crippen LogP contribution >= 0.6 is 0 Å². The summed E-state index contributed by atoms with van der Waals surface area (Å²) < 4.78 is 8.98. The van der Waals surface area contributed by atoms with Crippen molar-refractivity contribution in [3.05, 3.63) is 0 Å². The van der Waals surface area contributed by atoms with E-state index in [0.717, 1.165) is 0 Å². The quantitative estimate of drug-likeness (QED) is 0.463. The number of hydrogen-bond acceptors (Lipinski definition) is 4. The minimum atomic E-state index is -0.509. The van der Waals surface area contributed by atoms with Crippen LogP contribution in [0.4, 0.5) is 0 Å². The van der Waals surface area contributed by atoms with Gasteiger partial charge in [-0.05, 0) is 20.8 Å². The summed E-state index contributed by atoms with van der Waals surface area (Å²) in [6.07, 6.45) is 0. The van der Waals surface area contributed by atoms with E-state index in [1.54, 1.807) is 20.8 Å². The molecule has 0 aromatic heterocycles. The molecule has 0 N–H and O–H groups in total. The van der Waals surface area contributed by atoms with Crippen molar-refractivity contribution >= 4 is 12.4 Å². The fraction of sp³-hybridized carbons (Fsp3) is 0.750. The van der Waals surface area contributed by atoms with E-state index in [9.17, 15) is 9.59 Å². The lowest BCUT2D eigenvalue weighted by Crippen LogP contribution is -2.24. The normalized spacial score (nSPS) is 10.6. The van der Waals surface area contributed by atoms with E-state index in [2.05, 4.69) is 4.74 Å². The molecular formula is C8H13O4. The molecule has 0 fully saturated rings. The number of esters is 1. The Labute approximate surface area is 71.8 Å². The third-order valence-corrected chi connectivity index (χ3v) is 1.09. The predicted octanol–water partition coefficient (Wildman–Crippen LogP) is 0.659. The maximum atomic E-state index is 11.1. The van der Waals surface area contributed by atoms with Crippen molar-refractivity contribution in [2.24, 2.45) is 5.41 Å². The number of carbonyl (C=O) groups excluding carboxylic acids is 2. The van der Waals surface area contributed by atoms with Gasteiger partial charge in [-0.3, -0.25) is 4.79 Å². The molecule has 1 radical (unpaired) electrons. The van der Waals surface area contributed by atoms with Crippen molar-refractivity contribution in [3.63, 3.8) is 0 Å². The minimum Gasteiger partial charge on any atom is -0.462 e. The summed E-state index contributed by atoms with van der Waals surface area (Å²) in [6, 6.07) is 0. The third-order valence-electron chi connectivity index (χ3n) is 1.09. The van der Waals surface area contributed by atoms with Crippen molar-refractivity contribution in [1.29, 1.82) is 0 Å². The first kappa shape index (κ1) is 10.9. The summed E-state index contributed by atoms with van der Waals surface area (Å²) in [5, 5.41) is 0. The molecule has 0 saturated heterocycles. The lowest BCUT2D eigenvalue weighted by Gasteiger charge is -2.15. The molecule has 0 amide bonds. The van der Waals surface area contributed by atoms with E-state index in [0.29, 0.717) is 0 Å². The van der Waals surface area contributed by atoms with Crippen molar-refractivity contribution < 1.29 is 19.1 Å². The van der Waals surface area contributed by atoms with Gasteiger partial charge in [0.1, 0.15) is 13.2 Å². The zero-order valence-corrected chi connectivity index (χ0v) is 7.55. The summed E-state index contributed by atoms with van der Waals surface area (Å²) in [6.45, 7) is 6.64. The maximum Gasteiger partial charge on any atom is 0.417 e. The summed E-state index contributed by atoms with van der Waals surface area (Å²) in [5.74, 6) is -0.308. The van der Waals surface area contributed by atoms with Gasteiger partial charge in [-0.15, -0.1) is 0 Å². The lowest BCUT2D eigenvalue weighted by atomic mass is 9.97. The average molecular weight is 173 g/mol. The molecule has 0 aromatic carbocycles. The van der Waals surface area contributed by atoms with Crippen LogP contribution in [0.3, 0.4) is 0 Å². The van der Waals surface area contributed by atoms with Crippen LogP contribution in [0, 0.1) is 5.41 Å². The largest absolute Gasteiger partial charge is 0.462 e. The molecule has 69 valence electrons. The fourth-order valence-corrected chi connectivity index (χ4v) is 0.434. The Morgan fingerprint density at radius 3 is 2.33 bits per heavy atom. The Bertz CT molecular complexity index is 157. The zero-order valence-electron chi connectivity index (χ0n) is 7.55. The second kappa shape index (κ2) is 4.74. The van der Waals surface area contributed by atoms with Gasteiger partial charge >= 0.3 is 12.4 Å². The maximum absolute atomic E-state index is 11.1. The molecule has 12 heavy (non-hydrogen) atoms. The van der Waals surface area contributed by atoms with Crippen LogP contribution in [0.5, 0.6) is 0 Å². The van der Waals surface area contributed by atoms with Gasteiger partial charge in [-0.25, -0.2) is 4.79 Å². The molecule has 0 aromatic rings. The Morgan fingerprint density at radius 2 is 1.92 bits per heavy atom. The van der Waals surface area contributed by atoms with Crippen LogP contribution in [0.2, 0.25) is 0 Å². The molecule has 0 aliphatic rings. The second-order valence-electron chi connectivity index (χ2n) is 3.32. The van der Waals surface area contributed by atoms with Crippen LogP contribution in [-0.4, -0.2) is 25.7 Å². The Kier molecular flexibility index (Phi) is 4.33. The molecule has 0 unspecified atom stereocenters. The fourth-order valence-electron chi connectivity index (χ4n) is 0.434. The monoisotopic (exact) mass is 173 g/mol. The SMILES string of the molecule is CC(C)(C)C(=O)OCCO[C]=O. The van der Waals surface area contributed by atoms with E-state index in [4.69, 9.17) is 4.74 Å². The number of carbonyl (C=O) groups is 1. The van der Waals surface area contributed by atoms with Gasteiger partial charge in [-0.1, -0.05) is 0 Å². The highest BCUT2D eigenvalue weighted by molar-refractivity contribution is 5.75. The van der Waals surface area contributed by atoms with E-state index < -0.39 is 5.41 Å². The molecule has 0 aliphatic heterocycles. The van der Waals surface area contributed by atoms with Crippen molar-refractivity contribution in [3.8, 4) is 0 Å². The topological polar surface area (TPSA) is 52.6 Å². The van der Waals surface area contributed by atoms with Gasteiger partial charge in [0.15, 0.2) is 0 Å². The highest BCUT2D eigenvalue weighted by atomic mass is 16.6. The number of rotatable bonds is 4. The smallest absolute Gasteiger partial charge is 0.417 e. The van der Waals surface area contributed by atoms with E-state index >= 15 is 0 Å². The van der Waals surface area contributed by atoms with Crippen LogP contribution in [0.1, 0.15) is 20.8 Å². The minimum absolute atomic E-state index is 0.0608. The first-order valence-electron chi connectivity index (χ1n) is 3.64. The Balaban J connectivity index is 3.51. The first-order chi connectivity index (χ1) is 5.48. The molecule has 0 atom stereocenters. The van der Waals surface area contributed by atoms with Gasteiger partial charge < -0.3 is 9.47 Å². The molecule has 0 bridgehead atoms. The third kappa shape index (κ3) is 4.71. The summed E-state index contributed by atoms with van der Waals surface area (Å²) in [5.41, 5.74) is -0.509. The van der Waals surface area contributed by atoms with Crippen LogP contribution in [-0.2, 0) is 19.1 Å². The van der Waals surface area contributed by atoms with E-state index in [1.165, 1.54) is 6.47 Å². The van der Waals surface area contributed by atoms with Gasteiger partial charge in [0.25, 0.3) is 0 Å². The Morgan fingerprint density at radius 1 is 1.33 bits per heavy atom. The number of ether oxygens (including phenoxy) is 2. The first-order valence-corrected chi connectivity index (χ1v) is 3.64. The summed E-state index contributed by atoms with van der Waals surface area (Å²) in [7, 11) is 0. The lowest BCUT2D eigenvalue weighted by molar-refractivity contribution is -0.153. The number of hydrogen-bond donors (Lipinski definition) is 0. The molecule has 4 nitrogen and oxygen atoms in total. The molecular weight excluding hydrogens is 160 g/mol. The second-order valence-corrected chi connectivity index (χ2v) is 3.32. The van der Waals surface area contributed by atoms with Gasteiger partial charge in [0, 0.05) is 0 Å². The van der Waals surface area contributed by atoms with E-state index in [1.807, 2.05) is 0 Å². The van der Waals surface area contributed by atoms with Crippen molar-refractivity contribution in [2.45, 2.75) is 20.8 Å². The molecule has 0 heterocycles.